The standard InChI is InChI=1S/C17H20N2O2/c1-3-5-14-15(20)9-8-12-6-4-7-13(16(12)14)10-11-19-17(21)18-2/h3-4,6-9,20H,1,5,10-11H2,2H3,(H2,18,19,21). The number of rotatable bonds is 5. The minimum Gasteiger partial charge on any atom is -0.508 e. The topological polar surface area (TPSA) is 61.4 Å². The van der Waals surface area contributed by atoms with Crippen LogP contribution in [-0.2, 0) is 12.8 Å². The van der Waals surface area contributed by atoms with Crippen molar-refractivity contribution in [2.45, 2.75) is 12.8 Å². The smallest absolute Gasteiger partial charge is 0.314 e. The molecule has 4 heteroatoms. The van der Waals surface area contributed by atoms with Gasteiger partial charge in [-0.05, 0) is 35.2 Å². The molecule has 2 rings (SSSR count). The molecule has 2 aromatic rings. The molecule has 2 amide bonds. The molecule has 0 aliphatic heterocycles. The van der Waals surface area contributed by atoms with Gasteiger partial charge in [0.15, 0.2) is 0 Å². The number of carbonyl (C=O) groups is 1. The first-order valence-corrected chi connectivity index (χ1v) is 6.96. The SMILES string of the molecule is C=CCc1c(O)ccc2cccc(CCNC(=O)NC)c12. The predicted molar refractivity (Wildman–Crippen MR) is 85.7 cm³/mol. The van der Waals surface area contributed by atoms with E-state index in [1.165, 1.54) is 0 Å². The lowest BCUT2D eigenvalue weighted by Gasteiger charge is -2.13. The van der Waals surface area contributed by atoms with E-state index in [1.807, 2.05) is 24.3 Å². The van der Waals surface area contributed by atoms with Crippen molar-refractivity contribution in [3.63, 3.8) is 0 Å². The maximum atomic E-state index is 11.2. The molecule has 0 aromatic heterocycles. The lowest BCUT2D eigenvalue weighted by Crippen LogP contribution is -2.34. The maximum Gasteiger partial charge on any atom is 0.314 e. The molecule has 110 valence electrons. The summed E-state index contributed by atoms with van der Waals surface area (Å²) in [6.07, 6.45) is 3.11. The molecule has 0 radical (unpaired) electrons. The lowest BCUT2D eigenvalue weighted by molar-refractivity contribution is 0.243. The van der Waals surface area contributed by atoms with E-state index in [0.717, 1.165) is 21.9 Å². The summed E-state index contributed by atoms with van der Waals surface area (Å²) in [6.45, 7) is 4.30. The largest absolute Gasteiger partial charge is 0.508 e. The van der Waals surface area contributed by atoms with Crippen LogP contribution in [0.5, 0.6) is 5.75 Å². The molecule has 3 N–H and O–H groups in total. The number of allylic oxidation sites excluding steroid dienone is 1. The number of benzene rings is 2. The Morgan fingerprint density at radius 3 is 2.86 bits per heavy atom. The van der Waals surface area contributed by atoms with Crippen LogP contribution in [-0.4, -0.2) is 24.7 Å². The minimum absolute atomic E-state index is 0.190. The van der Waals surface area contributed by atoms with Gasteiger partial charge in [-0.15, -0.1) is 6.58 Å². The van der Waals surface area contributed by atoms with Crippen LogP contribution in [0.15, 0.2) is 43.0 Å². The van der Waals surface area contributed by atoms with Gasteiger partial charge in [0.25, 0.3) is 0 Å². The fourth-order valence-corrected chi connectivity index (χ4v) is 2.48. The van der Waals surface area contributed by atoms with Crippen molar-refractivity contribution in [2.24, 2.45) is 0 Å². The predicted octanol–water partition coefficient (Wildman–Crippen LogP) is 2.75. The van der Waals surface area contributed by atoms with Gasteiger partial charge < -0.3 is 15.7 Å². The molecule has 21 heavy (non-hydrogen) atoms. The van der Waals surface area contributed by atoms with Crippen LogP contribution in [0.25, 0.3) is 10.8 Å². The molecule has 0 unspecified atom stereocenters. The van der Waals surface area contributed by atoms with Crippen molar-refractivity contribution in [3.8, 4) is 5.75 Å². The Hall–Kier alpha value is -2.49. The summed E-state index contributed by atoms with van der Waals surface area (Å²) in [7, 11) is 1.59. The lowest BCUT2D eigenvalue weighted by atomic mass is 9.95. The Balaban J connectivity index is 2.36. The second-order valence-electron chi connectivity index (χ2n) is 4.83. The highest BCUT2D eigenvalue weighted by Crippen LogP contribution is 2.30. The summed E-state index contributed by atoms with van der Waals surface area (Å²) in [5.74, 6) is 0.286. The Labute approximate surface area is 124 Å². The number of fused-ring (bicyclic) bond motifs is 1. The second-order valence-corrected chi connectivity index (χ2v) is 4.83. The third kappa shape index (κ3) is 3.34. The highest BCUT2D eigenvalue weighted by molar-refractivity contribution is 5.91. The zero-order valence-electron chi connectivity index (χ0n) is 12.1. The van der Waals surface area contributed by atoms with Gasteiger partial charge in [-0.25, -0.2) is 4.79 Å². The third-order valence-corrected chi connectivity index (χ3v) is 3.47. The number of phenolic OH excluding ortho intramolecular Hbond substituents is 1. The molecule has 0 atom stereocenters. The van der Waals surface area contributed by atoms with Gasteiger partial charge in [0.2, 0.25) is 0 Å². The summed E-state index contributed by atoms with van der Waals surface area (Å²) >= 11 is 0. The summed E-state index contributed by atoms with van der Waals surface area (Å²) in [6, 6.07) is 9.48. The Morgan fingerprint density at radius 2 is 2.14 bits per heavy atom. The number of nitrogens with one attached hydrogen (secondary N) is 2. The average molecular weight is 284 g/mol. The summed E-state index contributed by atoms with van der Waals surface area (Å²) in [5, 5.41) is 17.5. The van der Waals surface area contributed by atoms with Gasteiger partial charge in [-0.2, -0.15) is 0 Å². The van der Waals surface area contributed by atoms with Gasteiger partial charge in [-0.3, -0.25) is 0 Å². The number of hydrogen-bond donors (Lipinski definition) is 3. The maximum absolute atomic E-state index is 11.2. The minimum atomic E-state index is -0.190. The Kier molecular flexibility index (Phi) is 4.82. The van der Waals surface area contributed by atoms with E-state index in [1.54, 1.807) is 19.2 Å². The van der Waals surface area contributed by atoms with Crippen LogP contribution in [0.1, 0.15) is 11.1 Å². The molecule has 0 spiro atoms. The first-order valence-electron chi connectivity index (χ1n) is 6.96. The van der Waals surface area contributed by atoms with E-state index in [-0.39, 0.29) is 11.8 Å². The fraction of sp³-hybridized carbons (Fsp3) is 0.235. The monoisotopic (exact) mass is 284 g/mol. The number of phenols is 1. The normalized spacial score (nSPS) is 10.3. The van der Waals surface area contributed by atoms with E-state index in [4.69, 9.17) is 0 Å². The zero-order valence-corrected chi connectivity index (χ0v) is 12.1. The van der Waals surface area contributed by atoms with Gasteiger partial charge in [0.1, 0.15) is 5.75 Å². The first kappa shape index (κ1) is 14.9. The molecular weight excluding hydrogens is 264 g/mol. The molecule has 0 aliphatic rings. The molecule has 4 nitrogen and oxygen atoms in total. The van der Waals surface area contributed by atoms with Crippen LogP contribution >= 0.6 is 0 Å². The second kappa shape index (κ2) is 6.79. The molecule has 0 aliphatic carbocycles. The van der Waals surface area contributed by atoms with Crippen LogP contribution in [0.4, 0.5) is 4.79 Å². The van der Waals surface area contributed by atoms with Crippen molar-refractivity contribution < 1.29 is 9.90 Å². The van der Waals surface area contributed by atoms with Gasteiger partial charge in [-0.1, -0.05) is 30.3 Å². The zero-order chi connectivity index (χ0) is 15.2. The molecule has 0 heterocycles. The van der Waals surface area contributed by atoms with Crippen molar-refractivity contribution in [2.75, 3.05) is 13.6 Å². The van der Waals surface area contributed by atoms with Crippen LogP contribution in [0.2, 0.25) is 0 Å². The van der Waals surface area contributed by atoms with E-state index in [9.17, 15) is 9.90 Å². The van der Waals surface area contributed by atoms with Crippen molar-refractivity contribution in [3.05, 3.63) is 54.1 Å². The van der Waals surface area contributed by atoms with Crippen LogP contribution in [0, 0.1) is 0 Å². The molecule has 0 saturated carbocycles. The molecule has 0 fully saturated rings. The van der Waals surface area contributed by atoms with E-state index < -0.39 is 0 Å². The van der Waals surface area contributed by atoms with Gasteiger partial charge in [0.05, 0.1) is 0 Å². The molecule has 2 aromatic carbocycles. The van der Waals surface area contributed by atoms with E-state index in [0.29, 0.717) is 19.4 Å². The van der Waals surface area contributed by atoms with Crippen molar-refractivity contribution in [1.82, 2.24) is 10.6 Å². The summed E-state index contributed by atoms with van der Waals surface area (Å²) < 4.78 is 0. The van der Waals surface area contributed by atoms with Gasteiger partial charge in [0, 0.05) is 19.2 Å². The van der Waals surface area contributed by atoms with Crippen LogP contribution in [0.3, 0.4) is 0 Å². The first-order chi connectivity index (χ1) is 10.2. The van der Waals surface area contributed by atoms with Gasteiger partial charge >= 0.3 is 6.03 Å². The third-order valence-electron chi connectivity index (χ3n) is 3.47. The highest BCUT2D eigenvalue weighted by Gasteiger charge is 2.10. The molecule has 0 bridgehead atoms. The van der Waals surface area contributed by atoms with E-state index in [2.05, 4.69) is 17.2 Å². The summed E-state index contributed by atoms with van der Waals surface area (Å²) in [5.41, 5.74) is 2.00. The number of amides is 2. The van der Waals surface area contributed by atoms with Crippen molar-refractivity contribution in [1.29, 1.82) is 0 Å². The van der Waals surface area contributed by atoms with E-state index >= 15 is 0 Å². The average Bonchev–Trinajstić information content (AvgIpc) is 2.50. The van der Waals surface area contributed by atoms with Crippen molar-refractivity contribution >= 4 is 16.8 Å². The number of hydrogen-bond acceptors (Lipinski definition) is 2. The highest BCUT2D eigenvalue weighted by atomic mass is 16.3. The Bertz CT molecular complexity index is 665. The number of aromatic hydroxyl groups is 1. The number of urea groups is 1. The molecule has 0 saturated heterocycles. The quantitative estimate of drug-likeness (QED) is 0.739. The number of carbonyl (C=O) groups excluding carboxylic acids is 1. The fourth-order valence-electron chi connectivity index (χ4n) is 2.48. The molecular formula is C17H20N2O2. The Morgan fingerprint density at radius 1 is 1.33 bits per heavy atom. The summed E-state index contributed by atoms with van der Waals surface area (Å²) in [4.78, 5) is 11.2. The van der Waals surface area contributed by atoms with Crippen LogP contribution < -0.4 is 10.6 Å².